The molecule has 0 saturated carbocycles. The van der Waals surface area contributed by atoms with Crippen molar-refractivity contribution in [3.63, 3.8) is 0 Å². The Morgan fingerprint density at radius 1 is 0.875 bits per heavy atom. The van der Waals surface area contributed by atoms with Crippen LogP contribution in [-0.2, 0) is 22.9 Å². The molecule has 0 aliphatic carbocycles. The van der Waals surface area contributed by atoms with E-state index in [9.17, 15) is 13.2 Å². The molecular weight excluding hydrogens is 522 g/mol. The summed E-state index contributed by atoms with van der Waals surface area (Å²) in [7, 11) is -3.92. The van der Waals surface area contributed by atoms with Crippen molar-refractivity contribution < 1.29 is 13.2 Å². The molecule has 2 aromatic carbocycles. The van der Waals surface area contributed by atoms with Gasteiger partial charge in [-0.25, -0.2) is 27.9 Å². The van der Waals surface area contributed by atoms with E-state index in [1.54, 1.807) is 12.1 Å². The van der Waals surface area contributed by atoms with Gasteiger partial charge in [0.1, 0.15) is 11.3 Å². The third-order valence-corrected chi connectivity index (χ3v) is 8.31. The van der Waals surface area contributed by atoms with Crippen molar-refractivity contribution in [2.75, 3.05) is 6.54 Å². The minimum atomic E-state index is -3.92. The smallest absolute Gasteiger partial charge is 0.328 e. The molecule has 212 valence electrons. The highest BCUT2D eigenvalue weighted by molar-refractivity contribution is 7.90. The molecule has 4 rings (SSSR count). The second kappa shape index (κ2) is 13.1. The van der Waals surface area contributed by atoms with E-state index in [0.717, 1.165) is 57.9 Å². The van der Waals surface area contributed by atoms with Crippen LogP contribution in [0.1, 0.15) is 67.2 Å². The fourth-order valence-corrected chi connectivity index (χ4v) is 5.73. The van der Waals surface area contributed by atoms with Crippen molar-refractivity contribution in [3.05, 3.63) is 82.8 Å². The quantitative estimate of drug-likeness (QED) is 0.204. The molecule has 2 N–H and O–H groups in total. The van der Waals surface area contributed by atoms with Gasteiger partial charge in [-0.1, -0.05) is 62.4 Å². The third-order valence-electron chi connectivity index (χ3n) is 6.96. The molecule has 8 nitrogen and oxygen atoms in total. The minimum Gasteiger partial charge on any atom is -0.337 e. The Hall–Kier alpha value is -3.72. The maximum Gasteiger partial charge on any atom is 0.328 e. The number of hydrogen-bond acceptors (Lipinski definition) is 5. The normalized spacial score (nSPS) is 11.6. The second-order valence-corrected chi connectivity index (χ2v) is 12.1. The first-order chi connectivity index (χ1) is 19.2. The molecule has 0 aliphatic heterocycles. The third kappa shape index (κ3) is 7.27. The van der Waals surface area contributed by atoms with Crippen LogP contribution in [0, 0.1) is 20.8 Å². The van der Waals surface area contributed by atoms with Gasteiger partial charge in [0.15, 0.2) is 5.65 Å². The van der Waals surface area contributed by atoms with E-state index in [4.69, 9.17) is 9.97 Å². The minimum absolute atomic E-state index is 0.0519. The number of rotatable bonds is 12. The lowest BCUT2D eigenvalue weighted by Gasteiger charge is -2.11. The average Bonchev–Trinajstić information content (AvgIpc) is 3.27. The van der Waals surface area contributed by atoms with Gasteiger partial charge in [-0.2, -0.15) is 0 Å². The summed E-state index contributed by atoms with van der Waals surface area (Å²) >= 11 is 0. The molecule has 2 heterocycles. The lowest BCUT2D eigenvalue weighted by atomic mass is 10.1. The summed E-state index contributed by atoms with van der Waals surface area (Å²) in [4.78, 5) is 22.1. The molecule has 0 spiro atoms. The van der Waals surface area contributed by atoms with Crippen LogP contribution in [0.5, 0.6) is 0 Å². The fraction of sp³-hybridized carbons (Fsp3) is 0.387. The number of aromatic nitrogens is 3. The van der Waals surface area contributed by atoms with Crippen LogP contribution in [0.2, 0.25) is 0 Å². The number of hydrogen-bond donors (Lipinski definition) is 2. The highest BCUT2D eigenvalue weighted by Crippen LogP contribution is 2.25. The molecule has 0 saturated heterocycles. The number of nitrogens with zero attached hydrogens (tertiary/aromatic N) is 3. The van der Waals surface area contributed by atoms with Gasteiger partial charge < -0.3 is 5.32 Å². The van der Waals surface area contributed by atoms with Crippen LogP contribution >= 0.6 is 0 Å². The van der Waals surface area contributed by atoms with Crippen LogP contribution in [0.4, 0.5) is 4.79 Å². The van der Waals surface area contributed by atoms with Crippen molar-refractivity contribution in [2.24, 2.45) is 0 Å². The van der Waals surface area contributed by atoms with Gasteiger partial charge >= 0.3 is 6.03 Å². The van der Waals surface area contributed by atoms with Crippen molar-refractivity contribution in [3.8, 4) is 5.69 Å². The van der Waals surface area contributed by atoms with E-state index in [2.05, 4.69) is 46.7 Å². The molecular formula is C31H39N5O3S. The summed E-state index contributed by atoms with van der Waals surface area (Å²) in [6, 6.07) is 15.8. The van der Waals surface area contributed by atoms with Crippen molar-refractivity contribution in [2.45, 2.75) is 77.5 Å². The summed E-state index contributed by atoms with van der Waals surface area (Å²) in [6.07, 6.45) is 7.46. The van der Waals surface area contributed by atoms with Crippen LogP contribution in [-0.4, -0.2) is 35.5 Å². The van der Waals surface area contributed by atoms with Gasteiger partial charge in [-0.15, -0.1) is 0 Å². The van der Waals surface area contributed by atoms with Crippen molar-refractivity contribution in [1.29, 1.82) is 0 Å². The number of fused-ring (bicyclic) bond motifs is 1. The number of carbonyl (C=O) groups is 1. The zero-order chi connectivity index (χ0) is 28.7. The molecule has 0 atom stereocenters. The number of amides is 2. The van der Waals surface area contributed by atoms with Crippen LogP contribution in [0.15, 0.2) is 59.5 Å². The standard InChI is InChI=1S/C31H39N5O3S/c1-5-6-7-8-9-10-28-34-29-23(3)21-24(4)33-30(29)36(28)26-15-13-25(14-16-26)19-20-32-31(37)35-40(38,39)27-17-11-22(2)12-18-27/h11-18,21H,5-10,19-20H2,1-4H3,(H2,32,35,37). The zero-order valence-electron chi connectivity index (χ0n) is 23.8. The van der Waals surface area contributed by atoms with E-state index in [0.29, 0.717) is 13.0 Å². The molecule has 0 radical (unpaired) electrons. The van der Waals surface area contributed by atoms with Crippen molar-refractivity contribution >= 4 is 27.2 Å². The maximum absolute atomic E-state index is 12.4. The van der Waals surface area contributed by atoms with E-state index in [1.165, 1.54) is 37.8 Å². The van der Waals surface area contributed by atoms with Crippen LogP contribution < -0.4 is 10.0 Å². The number of pyridine rings is 1. The van der Waals surface area contributed by atoms with E-state index < -0.39 is 16.1 Å². The second-order valence-electron chi connectivity index (χ2n) is 10.4. The number of carbonyl (C=O) groups excluding carboxylic acids is 1. The summed E-state index contributed by atoms with van der Waals surface area (Å²) in [5, 5.41) is 2.64. The highest BCUT2D eigenvalue weighted by Gasteiger charge is 2.18. The molecule has 0 fully saturated rings. The number of benzene rings is 2. The lowest BCUT2D eigenvalue weighted by molar-refractivity contribution is 0.246. The van der Waals surface area contributed by atoms with E-state index in [1.807, 2.05) is 26.0 Å². The average molecular weight is 562 g/mol. The molecule has 9 heteroatoms. The molecule has 0 unspecified atom stereocenters. The fourth-order valence-electron chi connectivity index (χ4n) is 4.80. The number of unbranched alkanes of at least 4 members (excludes halogenated alkanes) is 4. The number of imidazole rings is 1. The van der Waals surface area contributed by atoms with Gasteiger partial charge in [0.2, 0.25) is 0 Å². The number of aryl methyl sites for hydroxylation is 4. The van der Waals surface area contributed by atoms with Crippen molar-refractivity contribution in [1.82, 2.24) is 24.6 Å². The predicted molar refractivity (Wildman–Crippen MR) is 159 cm³/mol. The molecule has 0 bridgehead atoms. The Balaban J connectivity index is 1.42. The summed E-state index contributed by atoms with van der Waals surface area (Å²) in [6.45, 7) is 8.48. The first kappa shape index (κ1) is 29.3. The highest BCUT2D eigenvalue weighted by atomic mass is 32.2. The molecule has 4 aromatic rings. The Bertz CT molecular complexity index is 1560. The molecule has 0 aliphatic rings. The Morgan fingerprint density at radius 2 is 1.57 bits per heavy atom. The van der Waals surface area contributed by atoms with Gasteiger partial charge in [0.25, 0.3) is 10.0 Å². The first-order valence-electron chi connectivity index (χ1n) is 14.0. The number of urea groups is 1. The number of sulfonamides is 1. The van der Waals surface area contributed by atoms with Gasteiger partial charge in [0, 0.05) is 24.3 Å². The van der Waals surface area contributed by atoms with E-state index >= 15 is 0 Å². The predicted octanol–water partition coefficient (Wildman–Crippen LogP) is 6.09. The monoisotopic (exact) mass is 561 g/mol. The summed E-state index contributed by atoms with van der Waals surface area (Å²) in [5.74, 6) is 1.02. The van der Waals surface area contributed by atoms with Crippen LogP contribution in [0.25, 0.3) is 16.9 Å². The SMILES string of the molecule is CCCCCCCc1nc2c(C)cc(C)nc2n1-c1ccc(CCNC(=O)NS(=O)(=O)c2ccc(C)cc2)cc1. The zero-order valence-corrected chi connectivity index (χ0v) is 24.6. The van der Waals surface area contributed by atoms with E-state index in [-0.39, 0.29) is 4.90 Å². The van der Waals surface area contributed by atoms with Crippen LogP contribution in [0.3, 0.4) is 0 Å². The largest absolute Gasteiger partial charge is 0.337 e. The molecule has 40 heavy (non-hydrogen) atoms. The first-order valence-corrected chi connectivity index (χ1v) is 15.5. The Labute approximate surface area is 237 Å². The van der Waals surface area contributed by atoms with Gasteiger partial charge in [-0.3, -0.25) is 4.57 Å². The number of nitrogens with one attached hydrogen (secondary N) is 2. The topological polar surface area (TPSA) is 106 Å². The summed E-state index contributed by atoms with van der Waals surface area (Å²) in [5.41, 5.74) is 6.87. The van der Waals surface area contributed by atoms with Gasteiger partial charge in [0.05, 0.1) is 4.90 Å². The van der Waals surface area contributed by atoms with Gasteiger partial charge in [-0.05, 0) is 75.1 Å². The molecule has 2 aromatic heterocycles. The Morgan fingerprint density at radius 3 is 2.27 bits per heavy atom. The molecule has 2 amide bonds. The lowest BCUT2D eigenvalue weighted by Crippen LogP contribution is -2.40. The Kier molecular flexibility index (Phi) is 9.58. The summed E-state index contributed by atoms with van der Waals surface area (Å²) < 4.78 is 29.1. The maximum atomic E-state index is 12.4.